The first kappa shape index (κ1) is 20.1. The van der Waals surface area contributed by atoms with E-state index in [4.69, 9.17) is 0 Å². The van der Waals surface area contributed by atoms with Gasteiger partial charge in [0, 0.05) is 6.20 Å². The minimum absolute atomic E-state index is 0.0430. The lowest BCUT2D eigenvalue weighted by Gasteiger charge is -2.20. The maximum atomic E-state index is 13.3. The van der Waals surface area contributed by atoms with Gasteiger partial charge in [0.15, 0.2) is 9.84 Å². The lowest BCUT2D eigenvalue weighted by Crippen LogP contribution is -2.40. The number of pyridine rings is 2. The van der Waals surface area contributed by atoms with Crippen molar-refractivity contribution in [3.05, 3.63) is 36.9 Å². The van der Waals surface area contributed by atoms with Crippen LogP contribution in [0.3, 0.4) is 0 Å². The van der Waals surface area contributed by atoms with Gasteiger partial charge in [-0.05, 0) is 18.2 Å². The smallest absolute Gasteiger partial charge is 0.323 e. The second kappa shape index (κ2) is 6.76. The van der Waals surface area contributed by atoms with Crippen molar-refractivity contribution in [2.75, 3.05) is 5.75 Å². The first-order chi connectivity index (χ1) is 13.0. The summed E-state index contributed by atoms with van der Waals surface area (Å²) in [5, 5.41) is 0. The van der Waals surface area contributed by atoms with Gasteiger partial charge in [-0.3, -0.25) is 9.97 Å². The molecule has 0 spiro atoms. The molecule has 0 N–H and O–H groups in total. The lowest BCUT2D eigenvalue weighted by atomic mass is 10.2. The topological polar surface area (TPSA) is 77.7 Å². The van der Waals surface area contributed by atoms with Crippen LogP contribution >= 0.6 is 0 Å². The summed E-state index contributed by atoms with van der Waals surface area (Å²) in [5.74, 6) is -5.11. The van der Waals surface area contributed by atoms with Crippen LogP contribution in [0.1, 0.15) is 6.92 Å². The normalized spacial score (nSPS) is 13.2. The Morgan fingerprint density at radius 2 is 1.82 bits per heavy atom. The fraction of sp³-hybridized carbons (Fsp3) is 0.312. The van der Waals surface area contributed by atoms with Gasteiger partial charge >= 0.3 is 12.1 Å². The number of imidazole rings is 1. The summed E-state index contributed by atoms with van der Waals surface area (Å²) in [6.07, 6.45) is -2.44. The summed E-state index contributed by atoms with van der Waals surface area (Å²) in [7, 11) is -3.62. The zero-order chi connectivity index (χ0) is 20.7. The molecule has 3 rings (SSSR count). The molecule has 3 aromatic rings. The Morgan fingerprint density at radius 1 is 1.11 bits per heavy atom. The van der Waals surface area contributed by atoms with E-state index in [-0.39, 0.29) is 33.1 Å². The van der Waals surface area contributed by atoms with Crippen molar-refractivity contribution in [1.82, 2.24) is 19.5 Å². The van der Waals surface area contributed by atoms with Crippen LogP contribution in [0.2, 0.25) is 0 Å². The van der Waals surface area contributed by atoms with E-state index in [2.05, 4.69) is 15.0 Å². The molecule has 150 valence electrons. The quantitative estimate of drug-likeness (QED) is 0.591. The Hall–Kier alpha value is -2.63. The van der Waals surface area contributed by atoms with Gasteiger partial charge in [-0.2, -0.15) is 22.0 Å². The highest BCUT2D eigenvalue weighted by atomic mass is 32.2. The molecule has 0 aromatic carbocycles. The molecule has 0 saturated carbocycles. The van der Waals surface area contributed by atoms with Gasteiger partial charge in [0.25, 0.3) is 0 Å². The molecule has 0 amide bonds. The SMILES string of the molecule is CCS(=O)(=O)c1cccnc1-c1cc2ncn(CC(F)(F)C(F)(F)F)c2cn1. The van der Waals surface area contributed by atoms with Crippen molar-refractivity contribution in [1.29, 1.82) is 0 Å². The first-order valence-electron chi connectivity index (χ1n) is 7.90. The second-order valence-corrected chi connectivity index (χ2v) is 8.13. The molecule has 0 unspecified atom stereocenters. The monoisotopic (exact) mass is 420 g/mol. The summed E-state index contributed by atoms with van der Waals surface area (Å²) in [4.78, 5) is 11.8. The van der Waals surface area contributed by atoms with Crippen LogP contribution in [0.15, 0.2) is 41.8 Å². The van der Waals surface area contributed by atoms with E-state index < -0.39 is 28.5 Å². The number of hydrogen-bond donors (Lipinski definition) is 0. The van der Waals surface area contributed by atoms with Crippen LogP contribution in [-0.4, -0.2) is 45.8 Å². The van der Waals surface area contributed by atoms with E-state index in [1.165, 1.54) is 31.3 Å². The Labute approximate surface area is 156 Å². The van der Waals surface area contributed by atoms with Gasteiger partial charge in [0.2, 0.25) is 0 Å². The number of halogens is 5. The Kier molecular flexibility index (Phi) is 4.86. The number of sulfone groups is 1. The average Bonchev–Trinajstić information content (AvgIpc) is 3.02. The first-order valence-corrected chi connectivity index (χ1v) is 9.55. The van der Waals surface area contributed by atoms with Gasteiger partial charge in [0.05, 0.1) is 46.4 Å². The molecule has 12 heteroatoms. The summed E-state index contributed by atoms with van der Waals surface area (Å²) in [5.41, 5.74) is 0.173. The van der Waals surface area contributed by atoms with E-state index in [1.807, 2.05) is 0 Å². The fourth-order valence-electron chi connectivity index (χ4n) is 2.50. The summed E-state index contributed by atoms with van der Waals surface area (Å²) in [6, 6.07) is 4.09. The predicted molar refractivity (Wildman–Crippen MR) is 89.5 cm³/mol. The molecule has 0 aliphatic heterocycles. The molecule has 0 atom stereocenters. The highest BCUT2D eigenvalue weighted by molar-refractivity contribution is 7.91. The van der Waals surface area contributed by atoms with E-state index in [0.29, 0.717) is 4.57 Å². The average molecular weight is 420 g/mol. The molecule has 0 saturated heterocycles. The third-order valence-corrected chi connectivity index (χ3v) is 5.78. The molecule has 0 aliphatic rings. The number of nitrogens with zero attached hydrogens (tertiary/aromatic N) is 4. The largest absolute Gasteiger partial charge is 0.455 e. The van der Waals surface area contributed by atoms with Crippen molar-refractivity contribution >= 4 is 20.9 Å². The molecular weight excluding hydrogens is 407 g/mol. The lowest BCUT2D eigenvalue weighted by molar-refractivity contribution is -0.286. The van der Waals surface area contributed by atoms with E-state index in [9.17, 15) is 30.4 Å². The second-order valence-electron chi connectivity index (χ2n) is 5.89. The maximum absolute atomic E-state index is 13.3. The van der Waals surface area contributed by atoms with Gasteiger partial charge < -0.3 is 4.57 Å². The van der Waals surface area contributed by atoms with Gasteiger partial charge in [0.1, 0.15) is 5.69 Å². The van der Waals surface area contributed by atoms with Crippen molar-refractivity contribution in [3.63, 3.8) is 0 Å². The molecule has 28 heavy (non-hydrogen) atoms. The molecule has 6 nitrogen and oxygen atoms in total. The third kappa shape index (κ3) is 3.55. The standard InChI is InChI=1S/C16H13F5N4O2S/c1-2-28(26,27)13-4-3-5-22-14(13)11-6-10-12(7-23-11)25(9-24-10)8-15(17,18)16(19,20)21/h3-7,9H,2,8H2,1H3. The van der Waals surface area contributed by atoms with Gasteiger partial charge in [-0.1, -0.05) is 6.92 Å². The predicted octanol–water partition coefficient (Wildman–Crippen LogP) is 3.48. The molecular formula is C16H13F5N4O2S. The number of alkyl halides is 5. The molecule has 3 aromatic heterocycles. The van der Waals surface area contributed by atoms with Gasteiger partial charge in [-0.15, -0.1) is 0 Å². The minimum Gasteiger partial charge on any atom is -0.323 e. The van der Waals surface area contributed by atoms with Crippen molar-refractivity contribution < 1.29 is 30.4 Å². The maximum Gasteiger partial charge on any atom is 0.455 e. The summed E-state index contributed by atoms with van der Waals surface area (Å²) < 4.78 is 89.1. The third-order valence-electron chi connectivity index (χ3n) is 4.02. The molecule has 0 radical (unpaired) electrons. The Morgan fingerprint density at radius 3 is 2.46 bits per heavy atom. The van der Waals surface area contributed by atoms with E-state index in [1.54, 1.807) is 0 Å². The minimum atomic E-state index is -5.70. The molecule has 0 bridgehead atoms. The van der Waals surface area contributed by atoms with Crippen LogP contribution in [-0.2, 0) is 16.4 Å². The molecule has 0 fully saturated rings. The number of aromatic nitrogens is 4. The fourth-order valence-corrected chi connectivity index (χ4v) is 3.55. The highest BCUT2D eigenvalue weighted by Crippen LogP contribution is 2.37. The van der Waals surface area contributed by atoms with E-state index in [0.717, 1.165) is 12.5 Å². The zero-order valence-corrected chi connectivity index (χ0v) is 15.1. The van der Waals surface area contributed by atoms with Crippen LogP contribution in [0.25, 0.3) is 22.4 Å². The van der Waals surface area contributed by atoms with Crippen molar-refractivity contribution in [2.45, 2.75) is 30.5 Å². The number of fused-ring (bicyclic) bond motifs is 1. The van der Waals surface area contributed by atoms with E-state index >= 15 is 0 Å². The zero-order valence-electron chi connectivity index (χ0n) is 14.3. The molecule has 0 aliphatic carbocycles. The summed E-state index contributed by atoms with van der Waals surface area (Å²) >= 11 is 0. The van der Waals surface area contributed by atoms with Crippen LogP contribution < -0.4 is 0 Å². The van der Waals surface area contributed by atoms with Gasteiger partial charge in [-0.25, -0.2) is 13.4 Å². The highest BCUT2D eigenvalue weighted by Gasteiger charge is 2.57. The Bertz CT molecular complexity index is 1130. The van der Waals surface area contributed by atoms with Crippen LogP contribution in [0.5, 0.6) is 0 Å². The number of hydrogen-bond acceptors (Lipinski definition) is 5. The number of rotatable bonds is 5. The van der Waals surface area contributed by atoms with Crippen LogP contribution in [0, 0.1) is 0 Å². The molecule has 3 heterocycles. The van der Waals surface area contributed by atoms with Crippen molar-refractivity contribution in [2.24, 2.45) is 0 Å². The van der Waals surface area contributed by atoms with Crippen molar-refractivity contribution in [3.8, 4) is 11.4 Å². The Balaban J connectivity index is 2.06. The summed E-state index contributed by atoms with van der Waals surface area (Å²) in [6.45, 7) is -0.182. The van der Waals surface area contributed by atoms with Crippen LogP contribution in [0.4, 0.5) is 22.0 Å².